The maximum absolute atomic E-state index is 13.2. The summed E-state index contributed by atoms with van der Waals surface area (Å²) in [6.07, 6.45) is 6.03. The van der Waals surface area contributed by atoms with Gasteiger partial charge in [0.15, 0.2) is 5.43 Å². The van der Waals surface area contributed by atoms with Crippen LogP contribution in [0.15, 0.2) is 41.3 Å². The molecule has 1 amide bonds. The fraction of sp³-hybridized carbons (Fsp3) is 0.478. The van der Waals surface area contributed by atoms with Crippen LogP contribution in [0.5, 0.6) is 0 Å². The molecule has 1 N–H and O–H groups in total. The average molecular weight is 377 g/mol. The third-order valence-electron chi connectivity index (χ3n) is 6.84. The molecule has 1 aromatic carbocycles. The Balaban J connectivity index is 1.36. The fourth-order valence-electron chi connectivity index (χ4n) is 5.35. The predicted octanol–water partition coefficient (Wildman–Crippen LogP) is 2.39. The van der Waals surface area contributed by atoms with Crippen LogP contribution in [-0.2, 0) is 12.8 Å². The smallest absolute Gasteiger partial charge is 0.259 e. The maximum Gasteiger partial charge on any atom is 0.259 e. The zero-order valence-electron chi connectivity index (χ0n) is 16.4. The van der Waals surface area contributed by atoms with E-state index >= 15 is 0 Å². The normalized spacial score (nSPS) is 25.0. The van der Waals surface area contributed by atoms with Crippen molar-refractivity contribution in [1.82, 2.24) is 14.8 Å². The quantitative estimate of drug-likeness (QED) is 0.874. The van der Waals surface area contributed by atoms with E-state index in [1.807, 2.05) is 11.8 Å². The van der Waals surface area contributed by atoms with Gasteiger partial charge in [-0.3, -0.25) is 14.5 Å². The molecule has 2 bridgehead atoms. The highest BCUT2D eigenvalue weighted by Crippen LogP contribution is 2.33. The molecule has 2 aromatic rings. The van der Waals surface area contributed by atoms with Crippen LogP contribution in [0.2, 0.25) is 0 Å². The van der Waals surface area contributed by atoms with Crippen LogP contribution in [0, 0.1) is 12.8 Å². The van der Waals surface area contributed by atoms with Crippen LogP contribution in [0.1, 0.15) is 40.0 Å². The molecule has 146 valence electrons. The van der Waals surface area contributed by atoms with Gasteiger partial charge in [0.1, 0.15) is 5.56 Å². The lowest BCUT2D eigenvalue weighted by Crippen LogP contribution is -2.49. The Morgan fingerprint density at radius 2 is 1.79 bits per heavy atom. The SMILES string of the molecule is Cc1cc(=O)c(C(=O)N2CC3CCC2CN(C2Cc4ccccc4C2)C3)c[nH]1. The summed E-state index contributed by atoms with van der Waals surface area (Å²) in [6.45, 7) is 4.59. The molecule has 3 saturated heterocycles. The number of hydrogen-bond donors (Lipinski definition) is 1. The zero-order chi connectivity index (χ0) is 19.3. The standard InChI is InChI=1S/C23H27N3O2/c1-15-8-22(27)21(11-24-15)23(28)26-13-16-6-7-19(26)14-25(12-16)20-9-17-4-2-3-5-18(17)10-20/h2-5,8,11,16,19-20H,6-7,9-10,12-14H2,1H3,(H,24,27). The van der Waals surface area contributed by atoms with Crippen LogP contribution in [-0.4, -0.2) is 52.4 Å². The largest absolute Gasteiger partial charge is 0.364 e. The lowest BCUT2D eigenvalue weighted by Gasteiger charge is -2.36. The molecule has 5 heteroatoms. The number of aryl methyl sites for hydroxylation is 1. The number of carbonyl (C=O) groups is 1. The number of aromatic amines is 1. The molecular formula is C23H27N3O2. The Kier molecular flexibility index (Phi) is 4.35. The van der Waals surface area contributed by atoms with E-state index in [0.29, 0.717) is 12.0 Å². The van der Waals surface area contributed by atoms with Gasteiger partial charge in [0.05, 0.1) is 0 Å². The molecule has 4 aliphatic rings. The van der Waals surface area contributed by atoms with Gasteiger partial charge in [-0.05, 0) is 49.7 Å². The summed E-state index contributed by atoms with van der Waals surface area (Å²) in [7, 11) is 0. The number of amides is 1. The molecule has 3 fully saturated rings. The monoisotopic (exact) mass is 377 g/mol. The summed E-state index contributed by atoms with van der Waals surface area (Å²) < 4.78 is 0. The molecule has 0 saturated carbocycles. The number of carbonyl (C=O) groups excluding carboxylic acids is 1. The summed E-state index contributed by atoms with van der Waals surface area (Å²) in [4.78, 5) is 33.1. The minimum atomic E-state index is -0.176. The van der Waals surface area contributed by atoms with Crippen molar-refractivity contribution in [3.8, 4) is 0 Å². The third kappa shape index (κ3) is 3.08. The highest BCUT2D eigenvalue weighted by Gasteiger charge is 2.40. The van der Waals surface area contributed by atoms with Crippen LogP contribution in [0.4, 0.5) is 0 Å². The molecule has 4 heterocycles. The Morgan fingerprint density at radius 1 is 1.04 bits per heavy atom. The number of nitrogens with one attached hydrogen (secondary N) is 1. The molecule has 1 aliphatic carbocycles. The highest BCUT2D eigenvalue weighted by atomic mass is 16.2. The van der Waals surface area contributed by atoms with E-state index in [0.717, 1.165) is 44.6 Å². The number of aromatic nitrogens is 1. The van der Waals surface area contributed by atoms with Crippen molar-refractivity contribution in [2.75, 3.05) is 19.6 Å². The first-order valence-corrected chi connectivity index (χ1v) is 10.4. The van der Waals surface area contributed by atoms with Crippen molar-refractivity contribution in [3.63, 3.8) is 0 Å². The summed E-state index contributed by atoms with van der Waals surface area (Å²) in [5.41, 5.74) is 3.83. The van der Waals surface area contributed by atoms with Crippen molar-refractivity contribution < 1.29 is 4.79 Å². The topological polar surface area (TPSA) is 56.4 Å². The number of rotatable bonds is 2. The predicted molar refractivity (Wildman–Crippen MR) is 109 cm³/mol. The van der Waals surface area contributed by atoms with Gasteiger partial charge >= 0.3 is 0 Å². The summed E-state index contributed by atoms with van der Waals surface area (Å²) >= 11 is 0. The summed E-state index contributed by atoms with van der Waals surface area (Å²) in [5, 5.41) is 0. The van der Waals surface area contributed by atoms with E-state index < -0.39 is 0 Å². The minimum Gasteiger partial charge on any atom is -0.364 e. The van der Waals surface area contributed by atoms with Gasteiger partial charge in [-0.25, -0.2) is 0 Å². The second-order valence-corrected chi connectivity index (χ2v) is 8.73. The van der Waals surface area contributed by atoms with Gasteiger partial charge in [0, 0.05) is 49.7 Å². The van der Waals surface area contributed by atoms with Crippen LogP contribution in [0.3, 0.4) is 0 Å². The highest BCUT2D eigenvalue weighted by molar-refractivity contribution is 5.94. The Morgan fingerprint density at radius 3 is 2.50 bits per heavy atom. The lowest BCUT2D eigenvalue weighted by atomic mass is 9.94. The number of hydrogen-bond acceptors (Lipinski definition) is 3. The van der Waals surface area contributed by atoms with Crippen molar-refractivity contribution >= 4 is 5.91 Å². The van der Waals surface area contributed by atoms with E-state index in [4.69, 9.17) is 0 Å². The van der Waals surface area contributed by atoms with Crippen molar-refractivity contribution in [1.29, 1.82) is 0 Å². The molecule has 0 radical (unpaired) electrons. The molecule has 28 heavy (non-hydrogen) atoms. The number of pyridine rings is 1. The number of nitrogens with zero attached hydrogens (tertiary/aromatic N) is 2. The molecule has 3 aliphatic heterocycles. The Hall–Kier alpha value is -2.40. The second kappa shape index (κ2) is 6.89. The van der Waals surface area contributed by atoms with Gasteiger partial charge in [-0.2, -0.15) is 0 Å². The average Bonchev–Trinajstić information content (AvgIpc) is 2.90. The van der Waals surface area contributed by atoms with Crippen LogP contribution >= 0.6 is 0 Å². The maximum atomic E-state index is 13.2. The molecule has 5 nitrogen and oxygen atoms in total. The van der Waals surface area contributed by atoms with Crippen LogP contribution in [0.25, 0.3) is 0 Å². The Bertz CT molecular complexity index is 941. The summed E-state index contributed by atoms with van der Waals surface area (Å²) in [5.74, 6) is 0.392. The molecule has 6 rings (SSSR count). The minimum absolute atomic E-state index is 0.104. The van der Waals surface area contributed by atoms with E-state index in [1.54, 1.807) is 6.20 Å². The first kappa shape index (κ1) is 17.7. The van der Waals surface area contributed by atoms with Gasteiger partial charge < -0.3 is 9.88 Å². The number of piperidine rings is 1. The van der Waals surface area contributed by atoms with Gasteiger partial charge in [0.25, 0.3) is 5.91 Å². The third-order valence-corrected chi connectivity index (χ3v) is 6.84. The summed E-state index contributed by atoms with van der Waals surface area (Å²) in [6, 6.07) is 11.0. The zero-order valence-corrected chi connectivity index (χ0v) is 16.4. The molecular weight excluding hydrogens is 350 g/mol. The number of benzene rings is 1. The fourth-order valence-corrected chi connectivity index (χ4v) is 5.35. The molecule has 2 atom stereocenters. The first-order chi connectivity index (χ1) is 13.6. The van der Waals surface area contributed by atoms with E-state index in [1.165, 1.54) is 23.6 Å². The Labute approximate surface area is 165 Å². The second-order valence-electron chi connectivity index (χ2n) is 8.73. The van der Waals surface area contributed by atoms with Crippen molar-refractivity contribution in [3.05, 3.63) is 69.1 Å². The van der Waals surface area contributed by atoms with Gasteiger partial charge in [-0.1, -0.05) is 24.3 Å². The van der Waals surface area contributed by atoms with E-state index in [2.05, 4.69) is 34.1 Å². The number of H-pyrrole nitrogens is 1. The van der Waals surface area contributed by atoms with Crippen LogP contribution < -0.4 is 5.43 Å². The van der Waals surface area contributed by atoms with Gasteiger partial charge in [0.2, 0.25) is 0 Å². The number of fused-ring (bicyclic) bond motifs is 5. The molecule has 1 aromatic heterocycles. The molecule has 0 spiro atoms. The van der Waals surface area contributed by atoms with Crippen molar-refractivity contribution in [2.45, 2.75) is 44.7 Å². The van der Waals surface area contributed by atoms with E-state index in [9.17, 15) is 9.59 Å². The lowest BCUT2D eigenvalue weighted by molar-refractivity contribution is 0.0580. The van der Waals surface area contributed by atoms with Crippen molar-refractivity contribution in [2.24, 2.45) is 5.92 Å². The molecule has 2 unspecified atom stereocenters. The van der Waals surface area contributed by atoms with Gasteiger partial charge in [-0.15, -0.1) is 0 Å². The van der Waals surface area contributed by atoms with E-state index in [-0.39, 0.29) is 22.9 Å². The first-order valence-electron chi connectivity index (χ1n) is 10.4.